The average Bonchev–Trinajstić information content (AvgIpc) is 2.68. The lowest BCUT2D eigenvalue weighted by molar-refractivity contribution is 0.00578. The molecular weight excluding hydrogens is 267 g/mol. The predicted molar refractivity (Wildman–Crippen MR) is 72.8 cm³/mol. The van der Waals surface area contributed by atoms with Gasteiger partial charge in [-0.25, -0.2) is 8.42 Å². The SMILES string of the molecule is CC1(C)OB(c2cnn(CS(C)(=O)=O)c2)OC1(C)C. The van der Waals surface area contributed by atoms with Crippen molar-refractivity contribution in [2.24, 2.45) is 0 Å². The van der Waals surface area contributed by atoms with Crippen molar-refractivity contribution in [3.05, 3.63) is 12.4 Å². The van der Waals surface area contributed by atoms with Gasteiger partial charge in [-0.1, -0.05) is 0 Å². The zero-order valence-electron chi connectivity index (χ0n) is 11.9. The van der Waals surface area contributed by atoms with Crippen LogP contribution < -0.4 is 5.46 Å². The standard InChI is InChI=1S/C11H19BN2O4S/c1-10(2)11(3,4)18-12(17-10)9-6-13-14(7-9)8-19(5,15)16/h6-7H,8H2,1-5H3. The van der Waals surface area contributed by atoms with Gasteiger partial charge in [0.1, 0.15) is 5.88 Å². The van der Waals surface area contributed by atoms with Gasteiger partial charge in [-0.05, 0) is 27.7 Å². The normalized spacial score (nSPS) is 21.8. The lowest BCUT2D eigenvalue weighted by Crippen LogP contribution is -2.41. The highest BCUT2D eigenvalue weighted by atomic mass is 32.2. The van der Waals surface area contributed by atoms with Crippen LogP contribution in [-0.2, 0) is 25.0 Å². The highest BCUT2D eigenvalue weighted by Gasteiger charge is 2.52. The van der Waals surface area contributed by atoms with E-state index in [1.165, 1.54) is 10.9 Å². The van der Waals surface area contributed by atoms with E-state index in [0.29, 0.717) is 0 Å². The van der Waals surface area contributed by atoms with Gasteiger partial charge < -0.3 is 9.31 Å². The molecular formula is C11H19BN2O4S. The fourth-order valence-electron chi connectivity index (χ4n) is 1.79. The molecule has 19 heavy (non-hydrogen) atoms. The zero-order valence-corrected chi connectivity index (χ0v) is 12.7. The minimum Gasteiger partial charge on any atom is -0.399 e. The van der Waals surface area contributed by atoms with Crippen molar-refractivity contribution in [3.8, 4) is 0 Å². The Labute approximate surface area is 114 Å². The fraction of sp³-hybridized carbons (Fsp3) is 0.727. The third-order valence-corrected chi connectivity index (χ3v) is 4.28. The van der Waals surface area contributed by atoms with Crippen LogP contribution in [0.15, 0.2) is 12.4 Å². The second-order valence-corrected chi connectivity index (χ2v) is 8.07. The number of hydrogen-bond donors (Lipinski definition) is 0. The van der Waals surface area contributed by atoms with E-state index < -0.39 is 28.2 Å². The van der Waals surface area contributed by atoms with Crippen LogP contribution >= 0.6 is 0 Å². The van der Waals surface area contributed by atoms with Crippen molar-refractivity contribution in [1.29, 1.82) is 0 Å². The molecule has 0 atom stereocenters. The van der Waals surface area contributed by atoms with Gasteiger partial charge in [-0.2, -0.15) is 5.10 Å². The Morgan fingerprint density at radius 3 is 2.26 bits per heavy atom. The Morgan fingerprint density at radius 1 is 1.26 bits per heavy atom. The van der Waals surface area contributed by atoms with E-state index in [4.69, 9.17) is 9.31 Å². The van der Waals surface area contributed by atoms with Crippen molar-refractivity contribution in [2.75, 3.05) is 6.26 Å². The Kier molecular flexibility index (Phi) is 3.31. The van der Waals surface area contributed by atoms with Gasteiger partial charge in [0.05, 0.1) is 11.2 Å². The van der Waals surface area contributed by atoms with Crippen molar-refractivity contribution >= 4 is 22.4 Å². The summed E-state index contributed by atoms with van der Waals surface area (Å²) in [6.07, 6.45) is 4.39. The molecule has 0 aliphatic carbocycles. The molecule has 2 heterocycles. The van der Waals surface area contributed by atoms with Crippen LogP contribution in [-0.4, -0.2) is 42.8 Å². The molecule has 0 bridgehead atoms. The van der Waals surface area contributed by atoms with Gasteiger partial charge in [0, 0.05) is 24.1 Å². The maximum Gasteiger partial charge on any atom is 0.498 e. The summed E-state index contributed by atoms with van der Waals surface area (Å²) >= 11 is 0. The predicted octanol–water partition coefficient (Wildman–Crippen LogP) is 0.184. The van der Waals surface area contributed by atoms with Crippen molar-refractivity contribution in [3.63, 3.8) is 0 Å². The summed E-state index contributed by atoms with van der Waals surface area (Å²) < 4.78 is 35.5. The van der Waals surface area contributed by atoms with Crippen LogP contribution in [0.25, 0.3) is 0 Å². The maximum absolute atomic E-state index is 11.2. The molecule has 1 aromatic heterocycles. The van der Waals surface area contributed by atoms with Gasteiger partial charge in [-0.15, -0.1) is 0 Å². The van der Waals surface area contributed by atoms with E-state index in [2.05, 4.69) is 5.10 Å². The van der Waals surface area contributed by atoms with Gasteiger partial charge in [0.15, 0.2) is 9.84 Å². The van der Waals surface area contributed by atoms with E-state index >= 15 is 0 Å². The molecule has 0 N–H and O–H groups in total. The second-order valence-electron chi connectivity index (χ2n) is 5.96. The van der Waals surface area contributed by atoms with Crippen molar-refractivity contribution < 1.29 is 17.7 Å². The number of aromatic nitrogens is 2. The van der Waals surface area contributed by atoms with E-state index in [1.807, 2.05) is 27.7 Å². The fourth-order valence-corrected chi connectivity index (χ4v) is 2.41. The molecule has 8 heteroatoms. The van der Waals surface area contributed by atoms with Gasteiger partial charge in [-0.3, -0.25) is 4.68 Å². The monoisotopic (exact) mass is 286 g/mol. The molecule has 0 amide bonds. The minimum atomic E-state index is -3.11. The van der Waals surface area contributed by atoms with Crippen LogP contribution in [0.2, 0.25) is 0 Å². The number of sulfone groups is 1. The number of nitrogens with zero attached hydrogens (tertiary/aromatic N) is 2. The largest absolute Gasteiger partial charge is 0.498 e. The number of hydrogen-bond acceptors (Lipinski definition) is 5. The molecule has 2 rings (SSSR count). The maximum atomic E-state index is 11.2. The summed E-state index contributed by atoms with van der Waals surface area (Å²) in [5.41, 5.74) is -0.116. The first-order valence-electron chi connectivity index (χ1n) is 6.06. The van der Waals surface area contributed by atoms with Crippen LogP contribution in [0.1, 0.15) is 27.7 Å². The number of rotatable bonds is 3. The summed E-state index contributed by atoms with van der Waals surface area (Å²) in [5.74, 6) is -0.146. The Hall–Kier alpha value is -0.855. The quantitative estimate of drug-likeness (QED) is 0.742. The highest BCUT2D eigenvalue weighted by Crippen LogP contribution is 2.36. The van der Waals surface area contributed by atoms with Crippen LogP contribution in [0, 0.1) is 0 Å². The van der Waals surface area contributed by atoms with Crippen LogP contribution in [0.4, 0.5) is 0 Å². The first-order chi connectivity index (χ1) is 8.50. The third kappa shape index (κ3) is 3.01. The van der Waals surface area contributed by atoms with Gasteiger partial charge in [0.25, 0.3) is 0 Å². The summed E-state index contributed by atoms with van der Waals surface area (Å²) in [4.78, 5) is 0. The summed E-state index contributed by atoms with van der Waals surface area (Å²) in [6, 6.07) is 0. The summed E-state index contributed by atoms with van der Waals surface area (Å²) in [7, 11) is -3.63. The van der Waals surface area contributed by atoms with E-state index in [1.54, 1.807) is 12.4 Å². The summed E-state index contributed by atoms with van der Waals surface area (Å²) in [5, 5.41) is 4.02. The lowest BCUT2D eigenvalue weighted by atomic mass is 9.82. The molecule has 106 valence electrons. The molecule has 1 saturated heterocycles. The molecule has 0 radical (unpaired) electrons. The zero-order chi connectivity index (χ0) is 14.5. The first-order valence-corrected chi connectivity index (χ1v) is 8.12. The molecule has 0 unspecified atom stereocenters. The van der Waals surface area contributed by atoms with Crippen LogP contribution in [0.3, 0.4) is 0 Å². The topological polar surface area (TPSA) is 70.4 Å². The second kappa shape index (κ2) is 4.32. The molecule has 0 aromatic carbocycles. The highest BCUT2D eigenvalue weighted by molar-refractivity contribution is 7.89. The molecule has 0 saturated carbocycles. The smallest absolute Gasteiger partial charge is 0.399 e. The Balaban J connectivity index is 2.17. The minimum absolute atomic E-state index is 0.146. The molecule has 1 aliphatic heterocycles. The first kappa shape index (κ1) is 14.6. The molecule has 1 fully saturated rings. The Bertz CT molecular complexity index is 563. The van der Waals surface area contributed by atoms with Crippen molar-refractivity contribution in [2.45, 2.75) is 44.8 Å². The van der Waals surface area contributed by atoms with Crippen LogP contribution in [0.5, 0.6) is 0 Å². The Morgan fingerprint density at radius 2 is 1.79 bits per heavy atom. The van der Waals surface area contributed by atoms with E-state index in [-0.39, 0.29) is 5.88 Å². The van der Waals surface area contributed by atoms with Gasteiger partial charge in [0.2, 0.25) is 0 Å². The van der Waals surface area contributed by atoms with E-state index in [9.17, 15) is 8.42 Å². The average molecular weight is 286 g/mol. The molecule has 1 aromatic rings. The molecule has 1 aliphatic rings. The van der Waals surface area contributed by atoms with Crippen molar-refractivity contribution in [1.82, 2.24) is 9.78 Å². The van der Waals surface area contributed by atoms with Gasteiger partial charge >= 0.3 is 7.12 Å². The molecule has 0 spiro atoms. The summed E-state index contributed by atoms with van der Waals surface area (Å²) in [6.45, 7) is 7.86. The van der Waals surface area contributed by atoms with E-state index in [0.717, 1.165) is 5.46 Å². The molecule has 6 nitrogen and oxygen atoms in total. The third-order valence-electron chi connectivity index (χ3n) is 3.55. The lowest BCUT2D eigenvalue weighted by Gasteiger charge is -2.32.